The van der Waals surface area contributed by atoms with Gasteiger partial charge in [-0.05, 0) is 37.8 Å². The highest BCUT2D eigenvalue weighted by molar-refractivity contribution is 5.50. The summed E-state index contributed by atoms with van der Waals surface area (Å²) < 4.78 is 7.54. The molecule has 0 unspecified atom stereocenters. The van der Waals surface area contributed by atoms with Gasteiger partial charge in [0, 0.05) is 38.3 Å². The summed E-state index contributed by atoms with van der Waals surface area (Å²) in [6.45, 7) is 8.64. The molecule has 0 spiro atoms. The highest BCUT2D eigenvalue weighted by Gasteiger charge is 2.25. The second kappa shape index (κ2) is 6.81. The van der Waals surface area contributed by atoms with E-state index in [0.717, 1.165) is 38.5 Å². The van der Waals surface area contributed by atoms with Crippen molar-refractivity contribution in [3.8, 4) is 0 Å². The molecule has 4 rings (SSSR count). The molecule has 2 aromatic rings. The van der Waals surface area contributed by atoms with E-state index in [2.05, 4.69) is 54.4 Å². The van der Waals surface area contributed by atoms with Crippen LogP contribution in [0.1, 0.15) is 40.4 Å². The van der Waals surface area contributed by atoms with Crippen molar-refractivity contribution in [1.82, 2.24) is 15.1 Å². The minimum atomic E-state index is 0.452. The van der Waals surface area contributed by atoms with Gasteiger partial charge >= 0.3 is 0 Å². The zero-order valence-corrected chi connectivity index (χ0v) is 15.5. The van der Waals surface area contributed by atoms with E-state index in [1.165, 1.54) is 40.9 Å². The molecule has 5 heteroatoms. The summed E-state index contributed by atoms with van der Waals surface area (Å²) in [5, 5.41) is 8.48. The summed E-state index contributed by atoms with van der Waals surface area (Å²) in [5.74, 6) is 1.25. The van der Waals surface area contributed by atoms with Gasteiger partial charge in [-0.25, -0.2) is 0 Å². The van der Waals surface area contributed by atoms with Crippen molar-refractivity contribution in [3.05, 3.63) is 46.1 Å². The van der Waals surface area contributed by atoms with E-state index in [-0.39, 0.29) is 0 Å². The predicted molar refractivity (Wildman–Crippen MR) is 100 cm³/mol. The van der Waals surface area contributed by atoms with Gasteiger partial charge in [-0.15, -0.1) is 0 Å². The van der Waals surface area contributed by atoms with E-state index in [0.29, 0.717) is 6.04 Å². The van der Waals surface area contributed by atoms with E-state index in [4.69, 9.17) is 4.74 Å². The van der Waals surface area contributed by atoms with Gasteiger partial charge in [-0.3, -0.25) is 4.68 Å². The Labute approximate surface area is 150 Å². The number of nitrogens with zero attached hydrogens (tertiary/aromatic N) is 3. The lowest BCUT2D eigenvalue weighted by atomic mass is 10.1. The van der Waals surface area contributed by atoms with Crippen LogP contribution in [0.5, 0.6) is 0 Å². The smallest absolute Gasteiger partial charge is 0.131 e. The Morgan fingerprint density at radius 1 is 1.24 bits per heavy atom. The molecule has 2 heterocycles. The van der Waals surface area contributed by atoms with Gasteiger partial charge in [0.15, 0.2) is 0 Å². The van der Waals surface area contributed by atoms with Crippen molar-refractivity contribution >= 4 is 5.82 Å². The standard InChI is InChI=1S/C20H28N4O/c1-14-4-6-17-16(12-14)5-7-19(17)21-13-18-15(2)22-23(3)20(18)24-8-10-25-11-9-24/h4,6,12,19,21H,5,7-11,13H2,1-3H3/t19-/m1/s1. The Morgan fingerprint density at radius 2 is 2.04 bits per heavy atom. The van der Waals surface area contributed by atoms with Crippen LogP contribution in [0.25, 0.3) is 0 Å². The van der Waals surface area contributed by atoms with Crippen LogP contribution in [-0.2, 0) is 24.8 Å². The van der Waals surface area contributed by atoms with Crippen molar-refractivity contribution in [3.63, 3.8) is 0 Å². The molecule has 25 heavy (non-hydrogen) atoms. The number of rotatable bonds is 4. The number of benzene rings is 1. The molecule has 0 amide bonds. The van der Waals surface area contributed by atoms with Crippen molar-refractivity contribution in [2.45, 2.75) is 39.3 Å². The van der Waals surface area contributed by atoms with E-state index in [1.54, 1.807) is 0 Å². The number of nitrogens with one attached hydrogen (secondary N) is 1. The van der Waals surface area contributed by atoms with E-state index in [1.807, 2.05) is 4.68 Å². The highest BCUT2D eigenvalue weighted by atomic mass is 16.5. The largest absolute Gasteiger partial charge is 0.378 e. The summed E-state index contributed by atoms with van der Waals surface area (Å²) in [7, 11) is 2.05. The summed E-state index contributed by atoms with van der Waals surface area (Å²) in [4.78, 5) is 2.41. The van der Waals surface area contributed by atoms with Crippen molar-refractivity contribution in [2.75, 3.05) is 31.2 Å². The number of ether oxygens (including phenoxy) is 1. The lowest BCUT2D eigenvalue weighted by molar-refractivity contribution is 0.122. The van der Waals surface area contributed by atoms with Gasteiger partial charge in [0.1, 0.15) is 5.82 Å². The SMILES string of the molecule is Cc1ccc2c(c1)CC[C@H]2NCc1c(C)nn(C)c1N1CCOCC1. The number of aromatic nitrogens is 2. The molecule has 5 nitrogen and oxygen atoms in total. The Kier molecular flexibility index (Phi) is 4.52. The fourth-order valence-corrected chi connectivity index (χ4v) is 4.25. The number of anilines is 1. The van der Waals surface area contributed by atoms with Crippen LogP contribution in [-0.4, -0.2) is 36.1 Å². The Hall–Kier alpha value is -1.85. The molecule has 1 N–H and O–H groups in total. The van der Waals surface area contributed by atoms with Gasteiger partial charge in [-0.2, -0.15) is 5.10 Å². The molecule has 1 aliphatic carbocycles. The minimum absolute atomic E-state index is 0.452. The van der Waals surface area contributed by atoms with Crippen LogP contribution >= 0.6 is 0 Å². The summed E-state index contributed by atoms with van der Waals surface area (Å²) in [6, 6.07) is 7.32. The first-order chi connectivity index (χ1) is 12.1. The van der Waals surface area contributed by atoms with E-state index in [9.17, 15) is 0 Å². The van der Waals surface area contributed by atoms with E-state index < -0.39 is 0 Å². The minimum Gasteiger partial charge on any atom is -0.378 e. The highest BCUT2D eigenvalue weighted by Crippen LogP contribution is 2.33. The van der Waals surface area contributed by atoms with Crippen LogP contribution in [0.2, 0.25) is 0 Å². The number of morpholine rings is 1. The van der Waals surface area contributed by atoms with Gasteiger partial charge < -0.3 is 15.0 Å². The van der Waals surface area contributed by atoms with Crippen LogP contribution < -0.4 is 10.2 Å². The summed E-state index contributed by atoms with van der Waals surface area (Å²) in [6.07, 6.45) is 2.36. The Bertz CT molecular complexity index is 761. The summed E-state index contributed by atoms with van der Waals surface area (Å²) in [5.41, 5.74) is 6.79. The number of fused-ring (bicyclic) bond motifs is 1. The first-order valence-corrected chi connectivity index (χ1v) is 9.31. The first-order valence-electron chi connectivity index (χ1n) is 9.31. The molecule has 0 bridgehead atoms. The quantitative estimate of drug-likeness (QED) is 0.929. The lowest BCUT2D eigenvalue weighted by Gasteiger charge is -2.30. The average molecular weight is 340 g/mol. The van der Waals surface area contributed by atoms with Crippen molar-refractivity contribution < 1.29 is 4.74 Å². The zero-order valence-electron chi connectivity index (χ0n) is 15.5. The molecule has 0 radical (unpaired) electrons. The molecule has 1 atom stereocenters. The normalized spacial score (nSPS) is 20.1. The molecule has 1 aromatic carbocycles. The average Bonchev–Trinajstić information content (AvgIpc) is 3.13. The molecular formula is C20H28N4O. The molecule has 2 aliphatic rings. The fraction of sp³-hybridized carbons (Fsp3) is 0.550. The van der Waals surface area contributed by atoms with Crippen molar-refractivity contribution in [1.29, 1.82) is 0 Å². The molecular weight excluding hydrogens is 312 g/mol. The maximum Gasteiger partial charge on any atom is 0.131 e. The molecule has 0 saturated carbocycles. The predicted octanol–water partition coefficient (Wildman–Crippen LogP) is 2.65. The fourth-order valence-electron chi connectivity index (χ4n) is 4.25. The van der Waals surface area contributed by atoms with Gasteiger partial charge in [0.2, 0.25) is 0 Å². The third-order valence-corrected chi connectivity index (χ3v) is 5.53. The molecule has 1 aliphatic heterocycles. The number of hydrogen-bond acceptors (Lipinski definition) is 4. The second-order valence-corrected chi connectivity index (χ2v) is 7.29. The molecule has 1 aromatic heterocycles. The zero-order chi connectivity index (χ0) is 17.4. The summed E-state index contributed by atoms with van der Waals surface area (Å²) >= 11 is 0. The third-order valence-electron chi connectivity index (χ3n) is 5.53. The van der Waals surface area contributed by atoms with Crippen LogP contribution in [0.15, 0.2) is 18.2 Å². The van der Waals surface area contributed by atoms with Gasteiger partial charge in [-0.1, -0.05) is 23.8 Å². The Morgan fingerprint density at radius 3 is 2.84 bits per heavy atom. The first kappa shape index (κ1) is 16.6. The van der Waals surface area contributed by atoms with Gasteiger partial charge in [0.05, 0.1) is 18.9 Å². The maximum atomic E-state index is 5.51. The number of hydrogen-bond donors (Lipinski definition) is 1. The van der Waals surface area contributed by atoms with Crippen molar-refractivity contribution in [2.24, 2.45) is 7.05 Å². The monoisotopic (exact) mass is 340 g/mol. The van der Waals surface area contributed by atoms with Gasteiger partial charge in [0.25, 0.3) is 0 Å². The van der Waals surface area contributed by atoms with Crippen LogP contribution in [0.3, 0.4) is 0 Å². The number of aryl methyl sites for hydroxylation is 4. The molecule has 134 valence electrons. The second-order valence-electron chi connectivity index (χ2n) is 7.29. The third kappa shape index (κ3) is 3.18. The lowest BCUT2D eigenvalue weighted by Crippen LogP contribution is -2.38. The van der Waals surface area contributed by atoms with Crippen LogP contribution in [0.4, 0.5) is 5.82 Å². The molecule has 1 fully saturated rings. The Balaban J connectivity index is 1.52. The van der Waals surface area contributed by atoms with E-state index >= 15 is 0 Å². The molecule has 1 saturated heterocycles. The maximum absolute atomic E-state index is 5.51. The topological polar surface area (TPSA) is 42.3 Å². The van der Waals surface area contributed by atoms with Crippen LogP contribution in [0, 0.1) is 13.8 Å².